The number of halogens is 5. The molecule has 2 rings (SSSR count). The Bertz CT molecular complexity index is 736. The van der Waals surface area contributed by atoms with Crippen molar-refractivity contribution in [3.8, 4) is 0 Å². The molecular weight excluding hydrogens is 432 g/mol. The number of nitrogens with two attached hydrogens (primary N) is 1. The van der Waals surface area contributed by atoms with Crippen LogP contribution >= 0.6 is 27.9 Å². The maximum atomic E-state index is 13.8. The maximum absolute atomic E-state index is 13.8. The zero-order valence-electron chi connectivity index (χ0n) is 13.6. The van der Waals surface area contributed by atoms with Gasteiger partial charge in [0.15, 0.2) is 23.3 Å². The Kier molecular flexibility index (Phi) is 7.24. The Labute approximate surface area is 161 Å². The van der Waals surface area contributed by atoms with Gasteiger partial charge in [-0.2, -0.15) is 0 Å². The van der Waals surface area contributed by atoms with E-state index in [0.29, 0.717) is 30.6 Å². The highest BCUT2D eigenvalue weighted by molar-refractivity contribution is 8.94. The highest BCUT2D eigenvalue weighted by Gasteiger charge is 2.41. The van der Waals surface area contributed by atoms with Gasteiger partial charge in [0.25, 0.3) is 0 Å². The summed E-state index contributed by atoms with van der Waals surface area (Å²) in [6.45, 7) is 5.72. The molecular formula is C15H17F5NOPS3. The van der Waals surface area contributed by atoms with Gasteiger partial charge in [-0.1, -0.05) is 46.7 Å². The zero-order valence-corrected chi connectivity index (χ0v) is 17.1. The third-order valence-electron chi connectivity index (χ3n) is 4.28. The van der Waals surface area contributed by atoms with Crippen molar-refractivity contribution in [2.24, 2.45) is 11.7 Å². The minimum absolute atomic E-state index is 0.117. The van der Waals surface area contributed by atoms with E-state index in [0.717, 1.165) is 17.0 Å². The fraction of sp³-hybridized carbons (Fsp3) is 0.467. The lowest BCUT2D eigenvalue weighted by Gasteiger charge is -2.41. The van der Waals surface area contributed by atoms with Crippen LogP contribution in [0.3, 0.4) is 0 Å². The van der Waals surface area contributed by atoms with Crippen molar-refractivity contribution in [1.82, 2.24) is 0 Å². The predicted octanol–water partition coefficient (Wildman–Crippen LogP) is 5.11. The Balaban J connectivity index is 2.16. The molecule has 1 aliphatic carbocycles. The summed E-state index contributed by atoms with van der Waals surface area (Å²) in [5, 5.41) is 8.17. The lowest BCUT2D eigenvalue weighted by molar-refractivity contribution is 0.0754. The third-order valence-corrected chi connectivity index (χ3v) is 11.8. The molecule has 0 spiro atoms. The molecule has 1 unspecified atom stereocenters. The quantitative estimate of drug-likeness (QED) is 0.163. The number of rotatable bonds is 5. The lowest BCUT2D eigenvalue weighted by Crippen LogP contribution is -2.51. The first-order chi connectivity index (χ1) is 12.0. The first-order valence-corrected chi connectivity index (χ1v) is 13.2. The second-order valence-electron chi connectivity index (χ2n) is 6.14. The number of hydrogen-bond donors (Lipinski definition) is 2. The smallest absolute Gasteiger partial charge is 0.200 e. The van der Waals surface area contributed by atoms with E-state index in [9.17, 15) is 27.1 Å². The third kappa shape index (κ3) is 4.47. The molecule has 0 heterocycles. The number of aliphatic hydroxyl groups is 1. The molecule has 146 valence electrons. The van der Waals surface area contributed by atoms with Gasteiger partial charge in [0.05, 0.1) is 21.0 Å². The number of hydrogen-bond acceptors (Lipinski definition) is 5. The molecule has 0 radical (unpaired) electrons. The average Bonchev–Trinajstić information content (AvgIpc) is 2.57. The van der Waals surface area contributed by atoms with Crippen molar-refractivity contribution < 1.29 is 27.1 Å². The van der Waals surface area contributed by atoms with Crippen molar-refractivity contribution in [2.75, 3.05) is 0 Å². The highest BCUT2D eigenvalue weighted by Crippen LogP contribution is 2.61. The monoisotopic (exact) mass is 449 g/mol. The van der Waals surface area contributed by atoms with Crippen LogP contribution in [0.1, 0.15) is 26.2 Å². The van der Waals surface area contributed by atoms with E-state index < -0.39 is 50.1 Å². The van der Waals surface area contributed by atoms with Crippen molar-refractivity contribution in [2.45, 2.75) is 42.1 Å². The van der Waals surface area contributed by atoms with Crippen molar-refractivity contribution in [1.29, 1.82) is 0 Å². The Hall–Kier alpha value is -0.120. The summed E-state index contributed by atoms with van der Waals surface area (Å²) in [7, 11) is 0. The van der Waals surface area contributed by atoms with E-state index in [2.05, 4.69) is 6.58 Å². The van der Waals surface area contributed by atoms with Crippen LogP contribution in [0.5, 0.6) is 0 Å². The summed E-state index contributed by atoms with van der Waals surface area (Å²) in [4.78, 5) is -2.13. The molecule has 0 aliphatic heterocycles. The number of allylic oxidation sites excluding steroid dienone is 1. The normalized spacial score (nSPS) is 27.4. The molecule has 1 fully saturated rings. The maximum Gasteiger partial charge on any atom is 0.200 e. The second-order valence-corrected chi connectivity index (χ2v) is 15.4. The molecule has 1 aromatic carbocycles. The molecule has 26 heavy (non-hydrogen) atoms. The Morgan fingerprint density at radius 2 is 1.69 bits per heavy atom. The number of aliphatic hydroxyl groups excluding tert-OH is 1. The van der Waals surface area contributed by atoms with Crippen LogP contribution < -0.4 is 5.73 Å². The van der Waals surface area contributed by atoms with Gasteiger partial charge in [-0.15, -0.1) is 0 Å². The van der Waals surface area contributed by atoms with E-state index >= 15 is 0 Å². The molecule has 1 aromatic rings. The Morgan fingerprint density at radius 3 is 2.15 bits per heavy atom. The zero-order chi connectivity index (χ0) is 19.8. The number of benzene rings is 1. The predicted molar refractivity (Wildman–Crippen MR) is 100 cm³/mol. The SMILES string of the molecule is C=C(C)[C@H]1CC[C@@](N)(S[PH](=S)Sc2c(F)c(F)c(F)c(F)c2F)[C@H](O)C1. The van der Waals surface area contributed by atoms with E-state index in [1.54, 1.807) is 0 Å². The first-order valence-electron chi connectivity index (χ1n) is 7.52. The highest BCUT2D eigenvalue weighted by atomic mass is 33.2. The fourth-order valence-corrected chi connectivity index (χ4v) is 11.5. The van der Waals surface area contributed by atoms with Crippen LogP contribution in [-0.4, -0.2) is 16.1 Å². The van der Waals surface area contributed by atoms with Crippen LogP contribution in [0.15, 0.2) is 17.0 Å². The lowest BCUT2D eigenvalue weighted by atomic mass is 9.80. The van der Waals surface area contributed by atoms with Gasteiger partial charge in [0.2, 0.25) is 5.82 Å². The van der Waals surface area contributed by atoms with Crippen LogP contribution in [-0.2, 0) is 11.8 Å². The van der Waals surface area contributed by atoms with Crippen molar-refractivity contribution >= 4 is 39.7 Å². The van der Waals surface area contributed by atoms with Gasteiger partial charge in [-0.25, -0.2) is 22.0 Å². The van der Waals surface area contributed by atoms with Crippen LogP contribution in [0.4, 0.5) is 22.0 Å². The van der Waals surface area contributed by atoms with E-state index in [1.807, 2.05) is 6.92 Å². The van der Waals surface area contributed by atoms with E-state index in [-0.39, 0.29) is 5.92 Å². The van der Waals surface area contributed by atoms with Gasteiger partial charge in [-0.05, 0) is 32.1 Å². The molecule has 1 aliphatic rings. The van der Waals surface area contributed by atoms with Crippen LogP contribution in [0.2, 0.25) is 0 Å². The molecule has 0 bridgehead atoms. The topological polar surface area (TPSA) is 46.2 Å². The van der Waals surface area contributed by atoms with Crippen molar-refractivity contribution in [3.63, 3.8) is 0 Å². The summed E-state index contributed by atoms with van der Waals surface area (Å²) in [6, 6.07) is 0. The molecule has 2 nitrogen and oxygen atoms in total. The van der Waals surface area contributed by atoms with E-state index in [4.69, 9.17) is 17.5 Å². The second kappa shape index (κ2) is 8.49. The summed E-state index contributed by atoms with van der Waals surface area (Å²) < 4.78 is 67.2. The summed E-state index contributed by atoms with van der Waals surface area (Å²) in [6.07, 6.45) is 0.547. The fourth-order valence-electron chi connectivity index (χ4n) is 2.65. The van der Waals surface area contributed by atoms with Crippen LogP contribution in [0.25, 0.3) is 0 Å². The molecule has 1 saturated carbocycles. The van der Waals surface area contributed by atoms with Gasteiger partial charge in [-0.3, -0.25) is 0 Å². The van der Waals surface area contributed by atoms with Gasteiger partial charge in [0.1, 0.15) is 0 Å². The Morgan fingerprint density at radius 1 is 1.19 bits per heavy atom. The largest absolute Gasteiger partial charge is 0.390 e. The minimum Gasteiger partial charge on any atom is -0.390 e. The molecule has 0 saturated heterocycles. The minimum atomic E-state index is -2.21. The first kappa shape index (κ1) is 22.2. The summed E-state index contributed by atoms with van der Waals surface area (Å²) in [5.74, 6) is -9.92. The summed E-state index contributed by atoms with van der Waals surface area (Å²) >= 11 is 6.58. The van der Waals surface area contributed by atoms with Gasteiger partial charge >= 0.3 is 0 Å². The van der Waals surface area contributed by atoms with Crippen LogP contribution in [0, 0.1) is 35.0 Å². The van der Waals surface area contributed by atoms with Crippen molar-refractivity contribution in [3.05, 3.63) is 41.2 Å². The molecule has 11 heteroatoms. The summed E-state index contributed by atoms with van der Waals surface area (Å²) in [5.41, 5.74) is 7.14. The molecule has 0 amide bonds. The molecule has 3 N–H and O–H groups in total. The van der Waals surface area contributed by atoms with Gasteiger partial charge < -0.3 is 10.8 Å². The average molecular weight is 449 g/mol. The van der Waals surface area contributed by atoms with Gasteiger partial charge in [0, 0.05) is 0 Å². The van der Waals surface area contributed by atoms with E-state index in [1.165, 1.54) is 0 Å². The standard InChI is InChI=1S/C15H17F5NOPS3/c1-6(2)7-3-4-15(21,8(22)5-7)26-23(24)25-14-12(19)10(17)9(16)11(18)13(14)20/h7-8,22-23H,1,3-5,21H2,2H3/t7-,8+,15+/m0/s1. The molecule has 4 atom stereocenters. The molecule has 0 aromatic heterocycles.